The number of nitrogens with one attached hydrogen (secondary N) is 1. The Bertz CT molecular complexity index is 835. The number of sulfonamides is 1. The van der Waals surface area contributed by atoms with Gasteiger partial charge in [0.25, 0.3) is 15.7 Å². The zero-order chi connectivity index (χ0) is 17.6. The largest absolute Gasteiger partial charge is 0.289 e. The molecule has 0 radical (unpaired) electrons. The van der Waals surface area contributed by atoms with Crippen molar-refractivity contribution in [3.63, 3.8) is 0 Å². The molecule has 0 unspecified atom stereocenters. The molecule has 8 heteroatoms. The summed E-state index contributed by atoms with van der Waals surface area (Å²) in [5.41, 5.74) is 0.480. The van der Waals surface area contributed by atoms with E-state index in [1.807, 2.05) is 35.1 Å². The number of para-hydroxylation sites is 1. The fourth-order valence-electron chi connectivity index (χ4n) is 2.19. The van der Waals surface area contributed by atoms with Crippen LogP contribution in [0.2, 0.25) is 0 Å². The van der Waals surface area contributed by atoms with Crippen molar-refractivity contribution in [3.05, 3.63) is 70.3 Å². The third-order valence-electron chi connectivity index (χ3n) is 3.31. The maximum atomic E-state index is 12.2. The molecule has 0 spiro atoms. The van der Waals surface area contributed by atoms with Crippen LogP contribution in [0.15, 0.2) is 59.5 Å². The van der Waals surface area contributed by atoms with E-state index >= 15 is 0 Å². The van der Waals surface area contributed by atoms with Gasteiger partial charge in [-0.3, -0.25) is 14.9 Å². The van der Waals surface area contributed by atoms with E-state index in [9.17, 15) is 23.3 Å². The van der Waals surface area contributed by atoms with E-state index in [-0.39, 0.29) is 6.42 Å². The zero-order valence-corrected chi connectivity index (χ0v) is 13.5. The second-order valence-corrected chi connectivity index (χ2v) is 6.74. The molecule has 7 nitrogen and oxygen atoms in total. The van der Waals surface area contributed by atoms with Crippen molar-refractivity contribution in [2.45, 2.75) is 24.2 Å². The SMILES string of the molecule is O=C(CCCc1ccccc1)NS(=O)(=O)c1ccccc1[N+](=O)[O-]. The summed E-state index contributed by atoms with van der Waals surface area (Å²) in [7, 11) is -4.27. The molecule has 2 aromatic rings. The molecule has 0 aliphatic heterocycles. The number of benzene rings is 2. The Hall–Kier alpha value is -2.74. The van der Waals surface area contributed by atoms with Crippen LogP contribution in [0, 0.1) is 10.1 Å². The number of carbonyl (C=O) groups excluding carboxylic acids is 1. The van der Waals surface area contributed by atoms with Crippen LogP contribution in [0.4, 0.5) is 5.69 Å². The lowest BCUT2D eigenvalue weighted by Crippen LogP contribution is -2.30. The van der Waals surface area contributed by atoms with Gasteiger partial charge in [0.15, 0.2) is 4.90 Å². The van der Waals surface area contributed by atoms with Gasteiger partial charge in [-0.1, -0.05) is 42.5 Å². The number of nitro benzene ring substituents is 1. The van der Waals surface area contributed by atoms with Crippen molar-refractivity contribution in [1.29, 1.82) is 0 Å². The number of amides is 1. The lowest BCUT2D eigenvalue weighted by atomic mass is 10.1. The average Bonchev–Trinajstić information content (AvgIpc) is 2.55. The predicted molar refractivity (Wildman–Crippen MR) is 87.8 cm³/mol. The van der Waals surface area contributed by atoms with Gasteiger partial charge in [-0.25, -0.2) is 13.1 Å². The molecular formula is C16H16N2O5S. The van der Waals surface area contributed by atoms with Crippen LogP contribution >= 0.6 is 0 Å². The van der Waals surface area contributed by atoms with Crippen LogP contribution in [0.1, 0.15) is 18.4 Å². The molecule has 0 atom stereocenters. The number of hydrogen-bond donors (Lipinski definition) is 1. The number of hydrogen-bond acceptors (Lipinski definition) is 5. The van der Waals surface area contributed by atoms with E-state index in [0.29, 0.717) is 12.8 Å². The molecule has 0 bridgehead atoms. The van der Waals surface area contributed by atoms with E-state index in [1.165, 1.54) is 12.1 Å². The fourth-order valence-corrected chi connectivity index (χ4v) is 3.38. The van der Waals surface area contributed by atoms with Gasteiger partial charge in [0.05, 0.1) is 4.92 Å². The first-order chi connectivity index (χ1) is 11.4. The molecule has 2 aromatic carbocycles. The Morgan fingerprint density at radius 2 is 1.67 bits per heavy atom. The summed E-state index contributed by atoms with van der Waals surface area (Å²) >= 11 is 0. The minimum absolute atomic E-state index is 0.00869. The normalized spacial score (nSPS) is 11.0. The topological polar surface area (TPSA) is 106 Å². The summed E-state index contributed by atoms with van der Waals surface area (Å²) in [4.78, 5) is 21.4. The van der Waals surface area contributed by atoms with Crippen molar-refractivity contribution in [1.82, 2.24) is 4.72 Å². The molecule has 0 saturated carbocycles. The molecule has 126 valence electrons. The zero-order valence-electron chi connectivity index (χ0n) is 12.7. The minimum Gasteiger partial charge on any atom is -0.274 e. The lowest BCUT2D eigenvalue weighted by molar-refractivity contribution is -0.387. The molecule has 0 heterocycles. The molecule has 1 N–H and O–H groups in total. The van der Waals surface area contributed by atoms with Crippen LogP contribution in [-0.4, -0.2) is 19.2 Å². The molecule has 24 heavy (non-hydrogen) atoms. The lowest BCUT2D eigenvalue weighted by Gasteiger charge is -2.07. The number of nitro groups is 1. The molecule has 2 rings (SSSR count). The van der Waals surface area contributed by atoms with E-state index in [1.54, 1.807) is 0 Å². The van der Waals surface area contributed by atoms with Gasteiger partial charge in [-0.2, -0.15) is 0 Å². The quantitative estimate of drug-likeness (QED) is 0.611. The molecule has 1 amide bonds. The fraction of sp³-hybridized carbons (Fsp3) is 0.188. The van der Waals surface area contributed by atoms with Crippen LogP contribution in [0.3, 0.4) is 0 Å². The number of carbonyl (C=O) groups is 1. The Morgan fingerprint density at radius 3 is 2.33 bits per heavy atom. The predicted octanol–water partition coefficient (Wildman–Crippen LogP) is 2.42. The summed E-state index contributed by atoms with van der Waals surface area (Å²) in [5, 5.41) is 10.9. The highest BCUT2D eigenvalue weighted by atomic mass is 32.2. The van der Waals surface area contributed by atoms with Crippen LogP contribution in [0.5, 0.6) is 0 Å². The van der Waals surface area contributed by atoms with E-state index in [2.05, 4.69) is 0 Å². The van der Waals surface area contributed by atoms with Crippen molar-refractivity contribution in [2.75, 3.05) is 0 Å². The molecule has 0 aromatic heterocycles. The van der Waals surface area contributed by atoms with Gasteiger partial charge in [-0.05, 0) is 24.5 Å². The van der Waals surface area contributed by atoms with Gasteiger partial charge in [0.1, 0.15) is 0 Å². The summed E-state index contributed by atoms with van der Waals surface area (Å²) in [6, 6.07) is 14.4. The first kappa shape index (κ1) is 17.6. The van der Waals surface area contributed by atoms with Crippen LogP contribution in [0.25, 0.3) is 0 Å². The molecule has 0 aliphatic rings. The van der Waals surface area contributed by atoms with Crippen LogP contribution < -0.4 is 4.72 Å². The summed E-state index contributed by atoms with van der Waals surface area (Å²) in [5.74, 6) is -0.691. The van der Waals surface area contributed by atoms with E-state index in [4.69, 9.17) is 0 Å². The Labute approximate surface area is 139 Å². The standard InChI is InChI=1S/C16H16N2O5S/c19-16(12-6-9-13-7-2-1-3-8-13)17-24(22,23)15-11-5-4-10-14(15)18(20)21/h1-5,7-8,10-11H,6,9,12H2,(H,17,19). The van der Waals surface area contributed by atoms with Gasteiger partial charge in [0, 0.05) is 12.5 Å². The number of aryl methyl sites for hydroxylation is 1. The van der Waals surface area contributed by atoms with Crippen molar-refractivity contribution in [3.8, 4) is 0 Å². The van der Waals surface area contributed by atoms with E-state index < -0.39 is 31.4 Å². The number of nitrogens with zero attached hydrogens (tertiary/aromatic N) is 1. The highest BCUT2D eigenvalue weighted by molar-refractivity contribution is 7.90. The second-order valence-electron chi connectivity index (χ2n) is 5.09. The van der Waals surface area contributed by atoms with Gasteiger partial charge in [-0.15, -0.1) is 0 Å². The smallest absolute Gasteiger partial charge is 0.274 e. The highest BCUT2D eigenvalue weighted by Gasteiger charge is 2.26. The van der Waals surface area contributed by atoms with E-state index in [0.717, 1.165) is 17.7 Å². The van der Waals surface area contributed by atoms with Crippen molar-refractivity contribution in [2.24, 2.45) is 0 Å². The number of rotatable bonds is 7. The first-order valence-electron chi connectivity index (χ1n) is 7.23. The molecule has 0 aliphatic carbocycles. The Morgan fingerprint density at radius 1 is 1.04 bits per heavy atom. The van der Waals surface area contributed by atoms with Crippen LogP contribution in [-0.2, 0) is 21.2 Å². The van der Waals surface area contributed by atoms with Gasteiger partial charge >= 0.3 is 0 Å². The first-order valence-corrected chi connectivity index (χ1v) is 8.71. The Kier molecular flexibility index (Phi) is 5.64. The van der Waals surface area contributed by atoms with Gasteiger partial charge in [0.2, 0.25) is 5.91 Å². The second kappa shape index (κ2) is 7.69. The third kappa shape index (κ3) is 4.63. The summed E-state index contributed by atoms with van der Waals surface area (Å²) in [6.45, 7) is 0. The highest BCUT2D eigenvalue weighted by Crippen LogP contribution is 2.22. The summed E-state index contributed by atoms with van der Waals surface area (Å²) < 4.78 is 26.2. The van der Waals surface area contributed by atoms with Gasteiger partial charge < -0.3 is 0 Å². The molecule has 0 fully saturated rings. The average molecular weight is 348 g/mol. The summed E-state index contributed by atoms with van der Waals surface area (Å²) in [6.07, 6.45) is 1.12. The third-order valence-corrected chi connectivity index (χ3v) is 4.73. The maximum absolute atomic E-state index is 12.2. The minimum atomic E-state index is -4.27. The molecular weight excluding hydrogens is 332 g/mol. The van der Waals surface area contributed by atoms with Crippen molar-refractivity contribution >= 4 is 21.6 Å². The monoisotopic (exact) mass is 348 g/mol. The van der Waals surface area contributed by atoms with Crippen molar-refractivity contribution < 1.29 is 18.1 Å². The maximum Gasteiger partial charge on any atom is 0.289 e. The Balaban J connectivity index is 1.99. The molecule has 0 saturated heterocycles.